The Morgan fingerprint density at radius 3 is 2.75 bits per heavy atom. The van der Waals surface area contributed by atoms with Gasteiger partial charge in [-0.25, -0.2) is 4.98 Å². The van der Waals surface area contributed by atoms with Crippen molar-refractivity contribution in [2.75, 3.05) is 20.8 Å². The van der Waals surface area contributed by atoms with Crippen molar-refractivity contribution >= 4 is 5.91 Å². The number of hydrogen-bond donors (Lipinski definition) is 0. The molecule has 6 nitrogen and oxygen atoms in total. The molecule has 2 heterocycles. The van der Waals surface area contributed by atoms with E-state index in [0.29, 0.717) is 11.5 Å². The first-order valence-corrected chi connectivity index (χ1v) is 8.15. The molecule has 0 spiro atoms. The van der Waals surface area contributed by atoms with Crippen molar-refractivity contribution in [1.82, 2.24) is 14.5 Å². The minimum absolute atomic E-state index is 0.0725. The van der Waals surface area contributed by atoms with Gasteiger partial charge in [0.2, 0.25) is 5.91 Å². The Balaban J connectivity index is 1.84. The molecule has 3 rings (SSSR count). The van der Waals surface area contributed by atoms with E-state index >= 15 is 0 Å². The third-order valence-corrected chi connectivity index (χ3v) is 4.66. The van der Waals surface area contributed by atoms with Crippen molar-refractivity contribution in [1.29, 1.82) is 0 Å². The number of ether oxygens (including phenoxy) is 2. The zero-order valence-corrected chi connectivity index (χ0v) is 14.3. The molecule has 1 saturated heterocycles. The zero-order chi connectivity index (χ0) is 17.1. The molecule has 0 aliphatic carbocycles. The fraction of sp³-hybridized carbons (Fsp3) is 0.444. The van der Waals surface area contributed by atoms with E-state index in [1.165, 1.54) is 0 Å². The summed E-state index contributed by atoms with van der Waals surface area (Å²) in [5.74, 6) is 1.51. The number of rotatable bonds is 5. The van der Waals surface area contributed by atoms with E-state index in [0.717, 1.165) is 24.9 Å². The Labute approximate surface area is 142 Å². The summed E-state index contributed by atoms with van der Waals surface area (Å²) >= 11 is 0. The van der Waals surface area contributed by atoms with Gasteiger partial charge in [0.1, 0.15) is 6.04 Å². The fourth-order valence-corrected chi connectivity index (χ4v) is 3.30. The lowest BCUT2D eigenvalue weighted by atomic mass is 10.0. The van der Waals surface area contributed by atoms with Gasteiger partial charge >= 0.3 is 0 Å². The molecule has 0 bridgehead atoms. The first kappa shape index (κ1) is 16.4. The average molecular weight is 329 g/mol. The molecule has 1 aliphatic rings. The average Bonchev–Trinajstić information content (AvgIpc) is 3.31. The van der Waals surface area contributed by atoms with Gasteiger partial charge in [0, 0.05) is 18.9 Å². The second kappa shape index (κ2) is 6.95. The highest BCUT2D eigenvalue weighted by atomic mass is 16.5. The molecule has 0 radical (unpaired) electrons. The Morgan fingerprint density at radius 1 is 1.29 bits per heavy atom. The molecular weight excluding hydrogens is 306 g/mol. The summed E-state index contributed by atoms with van der Waals surface area (Å²) in [6.45, 7) is 2.69. The molecule has 1 aliphatic heterocycles. The van der Waals surface area contributed by atoms with Gasteiger partial charge in [-0.3, -0.25) is 4.79 Å². The Kier molecular flexibility index (Phi) is 4.74. The van der Waals surface area contributed by atoms with Crippen molar-refractivity contribution in [2.45, 2.75) is 31.8 Å². The number of imidazole rings is 1. The van der Waals surface area contributed by atoms with Gasteiger partial charge in [-0.2, -0.15) is 0 Å². The second-order valence-electron chi connectivity index (χ2n) is 5.99. The van der Waals surface area contributed by atoms with Crippen LogP contribution in [0.3, 0.4) is 0 Å². The molecule has 0 unspecified atom stereocenters. The predicted molar refractivity (Wildman–Crippen MR) is 90.2 cm³/mol. The molecule has 128 valence electrons. The van der Waals surface area contributed by atoms with E-state index in [1.54, 1.807) is 26.7 Å². The maximum atomic E-state index is 12.9. The third kappa shape index (κ3) is 2.96. The van der Waals surface area contributed by atoms with Crippen LogP contribution in [0.25, 0.3) is 0 Å². The number of benzene rings is 1. The van der Waals surface area contributed by atoms with Crippen LogP contribution in [0.1, 0.15) is 37.4 Å². The number of nitrogens with zero attached hydrogens (tertiary/aromatic N) is 3. The van der Waals surface area contributed by atoms with Crippen LogP contribution in [0.5, 0.6) is 11.5 Å². The van der Waals surface area contributed by atoms with E-state index in [4.69, 9.17) is 9.47 Å². The first-order chi connectivity index (χ1) is 11.7. The third-order valence-electron chi connectivity index (χ3n) is 4.66. The lowest BCUT2D eigenvalue weighted by Gasteiger charge is -2.28. The Hall–Kier alpha value is -2.50. The molecule has 1 aromatic carbocycles. The minimum Gasteiger partial charge on any atom is -0.493 e. The maximum Gasteiger partial charge on any atom is 0.245 e. The summed E-state index contributed by atoms with van der Waals surface area (Å²) in [7, 11) is 3.25. The van der Waals surface area contributed by atoms with Crippen molar-refractivity contribution in [3.8, 4) is 11.5 Å². The van der Waals surface area contributed by atoms with Crippen molar-refractivity contribution < 1.29 is 14.3 Å². The lowest BCUT2D eigenvalue weighted by Crippen LogP contribution is -2.35. The minimum atomic E-state index is -0.256. The number of amides is 1. The number of methoxy groups -OCH3 is 2. The van der Waals surface area contributed by atoms with E-state index in [-0.39, 0.29) is 18.0 Å². The van der Waals surface area contributed by atoms with Crippen LogP contribution in [0.4, 0.5) is 0 Å². The molecule has 1 amide bonds. The van der Waals surface area contributed by atoms with E-state index < -0.39 is 0 Å². The molecule has 6 heteroatoms. The summed E-state index contributed by atoms with van der Waals surface area (Å²) in [6.07, 6.45) is 7.16. The zero-order valence-electron chi connectivity index (χ0n) is 14.3. The summed E-state index contributed by atoms with van der Waals surface area (Å²) in [6, 6.07) is 5.70. The van der Waals surface area contributed by atoms with Gasteiger partial charge in [-0.1, -0.05) is 6.07 Å². The first-order valence-electron chi connectivity index (χ1n) is 8.15. The van der Waals surface area contributed by atoms with Crippen LogP contribution < -0.4 is 9.47 Å². The summed E-state index contributed by atoms with van der Waals surface area (Å²) in [4.78, 5) is 18.9. The van der Waals surface area contributed by atoms with Gasteiger partial charge in [0.15, 0.2) is 11.5 Å². The number of aromatic nitrogens is 2. The van der Waals surface area contributed by atoms with Gasteiger partial charge < -0.3 is 18.9 Å². The van der Waals surface area contributed by atoms with Gasteiger partial charge in [-0.05, 0) is 37.5 Å². The fourth-order valence-electron chi connectivity index (χ4n) is 3.30. The van der Waals surface area contributed by atoms with E-state index in [9.17, 15) is 4.79 Å². The second-order valence-corrected chi connectivity index (χ2v) is 5.99. The Bertz CT molecular complexity index is 700. The molecule has 1 fully saturated rings. The van der Waals surface area contributed by atoms with Gasteiger partial charge in [-0.15, -0.1) is 0 Å². The molecule has 1 aromatic heterocycles. The molecule has 0 N–H and O–H groups in total. The van der Waals surface area contributed by atoms with Crippen LogP contribution in [-0.4, -0.2) is 41.1 Å². The standard InChI is InChI=1S/C18H23N3O3/c1-13(20-10-8-19-12-20)18(22)21-9-4-5-15(21)14-6-7-16(23-2)17(11-14)24-3/h6-8,10-13,15H,4-5,9H2,1-3H3/t13-,15-/m1/s1. The topological polar surface area (TPSA) is 56.6 Å². The van der Waals surface area contributed by atoms with Crippen molar-refractivity contribution in [3.05, 3.63) is 42.5 Å². The number of carbonyl (C=O) groups excluding carboxylic acids is 1. The number of carbonyl (C=O) groups is 1. The van der Waals surface area contributed by atoms with Gasteiger partial charge in [0.05, 0.1) is 26.6 Å². The molecule has 2 aromatic rings. The van der Waals surface area contributed by atoms with Crippen molar-refractivity contribution in [2.24, 2.45) is 0 Å². The predicted octanol–water partition coefficient (Wildman–Crippen LogP) is 2.83. The molecule has 24 heavy (non-hydrogen) atoms. The highest BCUT2D eigenvalue weighted by Gasteiger charge is 2.33. The number of likely N-dealkylation sites (tertiary alicyclic amines) is 1. The highest BCUT2D eigenvalue weighted by Crippen LogP contribution is 2.37. The van der Waals surface area contributed by atoms with Gasteiger partial charge in [0.25, 0.3) is 0 Å². The summed E-state index contributed by atoms with van der Waals surface area (Å²) < 4.78 is 12.5. The largest absolute Gasteiger partial charge is 0.493 e. The van der Waals surface area contributed by atoms with Crippen LogP contribution in [0, 0.1) is 0 Å². The summed E-state index contributed by atoms with van der Waals surface area (Å²) in [5, 5.41) is 0. The van der Waals surface area contributed by atoms with Crippen LogP contribution in [0.2, 0.25) is 0 Å². The molecule has 0 saturated carbocycles. The van der Waals surface area contributed by atoms with Crippen LogP contribution >= 0.6 is 0 Å². The Morgan fingerprint density at radius 2 is 2.08 bits per heavy atom. The maximum absolute atomic E-state index is 12.9. The number of hydrogen-bond acceptors (Lipinski definition) is 4. The monoisotopic (exact) mass is 329 g/mol. The quantitative estimate of drug-likeness (QED) is 0.846. The van der Waals surface area contributed by atoms with E-state index in [1.807, 2.05) is 40.8 Å². The van der Waals surface area contributed by atoms with Crippen LogP contribution in [-0.2, 0) is 4.79 Å². The smallest absolute Gasteiger partial charge is 0.245 e. The normalized spacial score (nSPS) is 18.5. The van der Waals surface area contributed by atoms with E-state index in [2.05, 4.69) is 4.98 Å². The van der Waals surface area contributed by atoms with Crippen molar-refractivity contribution in [3.63, 3.8) is 0 Å². The van der Waals surface area contributed by atoms with Crippen LogP contribution in [0.15, 0.2) is 36.9 Å². The lowest BCUT2D eigenvalue weighted by molar-refractivity contribution is -0.135. The molecular formula is C18H23N3O3. The molecule has 2 atom stereocenters. The SMILES string of the molecule is COc1ccc([C@H]2CCCN2C(=O)[C@@H](C)n2ccnc2)cc1OC. The summed E-state index contributed by atoms with van der Waals surface area (Å²) in [5.41, 5.74) is 1.08. The highest BCUT2D eigenvalue weighted by molar-refractivity contribution is 5.81.